The van der Waals surface area contributed by atoms with Crippen molar-refractivity contribution in [3.8, 4) is 0 Å². The fraction of sp³-hybridized carbons (Fsp3) is 0.125. The van der Waals surface area contributed by atoms with Crippen LogP contribution in [0, 0.1) is 0 Å². The van der Waals surface area contributed by atoms with E-state index in [1.54, 1.807) is 0 Å². The molecule has 1 aromatic carbocycles. The predicted octanol–water partition coefficient (Wildman–Crippen LogP) is 4.71. The van der Waals surface area contributed by atoms with Crippen molar-refractivity contribution in [1.29, 1.82) is 0 Å². The van der Waals surface area contributed by atoms with Crippen LogP contribution in [0.2, 0.25) is 25.1 Å². The third-order valence-corrected chi connectivity index (χ3v) is 4.24. The number of benzene rings is 1. The van der Waals surface area contributed by atoms with Gasteiger partial charge in [-0.1, -0.05) is 58.0 Å². The van der Waals surface area contributed by atoms with Crippen LogP contribution in [0.25, 0.3) is 0 Å². The van der Waals surface area contributed by atoms with Crippen LogP contribution in [0.4, 0.5) is 0 Å². The zero-order valence-corrected chi connectivity index (χ0v) is 13.4. The molecule has 9 heteroatoms. The molecule has 0 radical (unpaired) electrons. The molecule has 1 rings (SSSR count). The van der Waals surface area contributed by atoms with E-state index in [9.17, 15) is 0 Å². The van der Waals surface area contributed by atoms with Crippen LogP contribution in [-0.2, 0) is 6.54 Å². The molecule has 0 saturated carbocycles. The summed E-state index contributed by atoms with van der Waals surface area (Å²) in [7, 11) is 0. The molecule has 0 saturated heterocycles. The summed E-state index contributed by atoms with van der Waals surface area (Å²) in [5.74, 6) is 0. The van der Waals surface area contributed by atoms with E-state index in [0.717, 1.165) is 0 Å². The van der Waals surface area contributed by atoms with Crippen LogP contribution in [0.3, 0.4) is 0 Å². The zero-order chi connectivity index (χ0) is 12.5. The molecule has 96 valence electrons. The molecule has 0 aliphatic rings. The minimum atomic E-state index is 0. The fourth-order valence-corrected chi connectivity index (χ4v) is 2.36. The highest BCUT2D eigenvalue weighted by molar-refractivity contribution is 7.80. The lowest BCUT2D eigenvalue weighted by atomic mass is 10.2. The molecule has 0 bridgehead atoms. The molecule has 0 heterocycles. The van der Waals surface area contributed by atoms with Gasteiger partial charge in [0.05, 0.1) is 25.1 Å². The van der Waals surface area contributed by atoms with Crippen molar-refractivity contribution in [3.05, 3.63) is 30.7 Å². The average molecular weight is 375 g/mol. The van der Waals surface area contributed by atoms with Crippen LogP contribution in [0.15, 0.2) is 0 Å². The maximum atomic E-state index is 5.98. The van der Waals surface area contributed by atoms with Gasteiger partial charge < -0.3 is 11.1 Å². The lowest BCUT2D eigenvalue weighted by Gasteiger charge is -2.12. The van der Waals surface area contributed by atoms with Crippen molar-refractivity contribution in [3.63, 3.8) is 0 Å². The van der Waals surface area contributed by atoms with Gasteiger partial charge in [-0.15, -0.1) is 12.4 Å². The van der Waals surface area contributed by atoms with E-state index in [4.69, 9.17) is 63.7 Å². The van der Waals surface area contributed by atoms with Crippen LogP contribution in [0.5, 0.6) is 0 Å². The molecule has 0 aromatic heterocycles. The maximum absolute atomic E-state index is 5.98. The molecule has 0 atom stereocenters. The Balaban J connectivity index is 0.00000256. The van der Waals surface area contributed by atoms with E-state index in [1.807, 2.05) is 0 Å². The normalized spacial score (nSPS) is 9.71. The summed E-state index contributed by atoms with van der Waals surface area (Å²) in [6, 6.07) is 0. The van der Waals surface area contributed by atoms with Crippen molar-refractivity contribution < 1.29 is 0 Å². The van der Waals surface area contributed by atoms with Gasteiger partial charge in [-0.05, 0) is 12.2 Å². The van der Waals surface area contributed by atoms with Gasteiger partial charge in [0.25, 0.3) is 0 Å². The Morgan fingerprint density at radius 1 is 0.941 bits per heavy atom. The molecule has 0 spiro atoms. The summed E-state index contributed by atoms with van der Waals surface area (Å²) < 4.78 is 0. The highest BCUT2D eigenvalue weighted by Gasteiger charge is 2.18. The Morgan fingerprint density at radius 2 is 1.29 bits per heavy atom. The summed E-state index contributed by atoms with van der Waals surface area (Å²) in [4.78, 5) is 0. The van der Waals surface area contributed by atoms with Crippen LogP contribution < -0.4 is 11.1 Å². The number of halogens is 6. The van der Waals surface area contributed by atoms with Crippen molar-refractivity contribution in [2.24, 2.45) is 5.73 Å². The molecular weight excluding hydrogens is 369 g/mol. The van der Waals surface area contributed by atoms with Gasteiger partial charge in [0, 0.05) is 12.1 Å². The molecule has 0 fully saturated rings. The van der Waals surface area contributed by atoms with E-state index in [2.05, 4.69) is 17.5 Å². The van der Waals surface area contributed by atoms with Gasteiger partial charge in [0.1, 0.15) is 0 Å². The minimum absolute atomic E-state index is 0. The lowest BCUT2D eigenvalue weighted by Crippen LogP contribution is -2.28. The number of thiocarbonyl (C=S) groups is 1. The zero-order valence-electron chi connectivity index (χ0n) is 7.99. The molecule has 17 heavy (non-hydrogen) atoms. The quantitative estimate of drug-likeness (QED) is 0.447. The molecule has 0 aliphatic heterocycles. The second-order valence-corrected chi connectivity index (χ2v) is 5.10. The maximum Gasteiger partial charge on any atom is 0.163 e. The summed E-state index contributed by atoms with van der Waals surface area (Å²) in [6.07, 6.45) is 0. The smallest absolute Gasteiger partial charge is 0.163 e. The first kappa shape index (κ1) is 17.6. The number of nitrogens with one attached hydrogen (secondary N) is 1. The highest BCUT2D eigenvalue weighted by atomic mass is 35.5. The molecule has 0 amide bonds. The molecular formula is C8H6Cl6N2S. The van der Waals surface area contributed by atoms with Gasteiger partial charge >= 0.3 is 0 Å². The van der Waals surface area contributed by atoms with Gasteiger partial charge in [-0.2, -0.15) is 0 Å². The third-order valence-electron chi connectivity index (χ3n) is 1.74. The van der Waals surface area contributed by atoms with Crippen molar-refractivity contribution in [1.82, 2.24) is 5.32 Å². The Morgan fingerprint density at radius 3 is 1.65 bits per heavy atom. The summed E-state index contributed by atoms with van der Waals surface area (Å²) >= 11 is 34.2. The van der Waals surface area contributed by atoms with Crippen molar-refractivity contribution >= 4 is 87.7 Å². The Labute approximate surface area is 135 Å². The molecule has 1 aromatic rings. The number of hydrogen-bond donors (Lipinski definition) is 2. The lowest BCUT2D eigenvalue weighted by molar-refractivity contribution is 0.920. The summed E-state index contributed by atoms with van der Waals surface area (Å²) in [5, 5.41) is 3.69. The minimum Gasteiger partial charge on any atom is -0.376 e. The molecule has 2 nitrogen and oxygen atoms in total. The summed E-state index contributed by atoms with van der Waals surface area (Å²) in [5.41, 5.74) is 5.78. The summed E-state index contributed by atoms with van der Waals surface area (Å²) in [6.45, 7) is 0.226. The van der Waals surface area contributed by atoms with Gasteiger partial charge in [0.15, 0.2) is 5.11 Å². The predicted molar refractivity (Wildman–Crippen MR) is 82.4 cm³/mol. The number of nitrogens with two attached hydrogens (primary N) is 1. The van der Waals surface area contributed by atoms with E-state index < -0.39 is 0 Å². The standard InChI is InChI=1S/C8H5Cl5N2S.ClH/c9-3-2(1-15-8(14)16)4(10)6(12)7(13)5(3)11;/h1H2,(H3,14,15,16);1H. The second-order valence-electron chi connectivity index (χ2n) is 2.77. The molecule has 0 aliphatic carbocycles. The van der Waals surface area contributed by atoms with E-state index >= 15 is 0 Å². The monoisotopic (exact) mass is 372 g/mol. The Hall–Kier alpha value is 0.650. The first-order valence-electron chi connectivity index (χ1n) is 3.89. The number of rotatable bonds is 2. The van der Waals surface area contributed by atoms with Crippen LogP contribution in [-0.4, -0.2) is 5.11 Å². The Kier molecular flexibility index (Phi) is 7.57. The molecule has 0 unspecified atom stereocenters. The SMILES string of the molecule is Cl.NC(=S)NCc1c(Cl)c(Cl)c(Cl)c(Cl)c1Cl. The van der Waals surface area contributed by atoms with E-state index in [0.29, 0.717) is 5.56 Å². The largest absolute Gasteiger partial charge is 0.376 e. The topological polar surface area (TPSA) is 38.0 Å². The van der Waals surface area contributed by atoms with Crippen LogP contribution in [0.1, 0.15) is 5.56 Å². The number of hydrogen-bond acceptors (Lipinski definition) is 1. The Bertz CT molecular complexity index is 421. The van der Waals surface area contributed by atoms with Crippen LogP contribution >= 0.6 is 82.6 Å². The second kappa shape index (κ2) is 7.29. The van der Waals surface area contributed by atoms with E-state index in [1.165, 1.54) is 0 Å². The fourth-order valence-electron chi connectivity index (χ4n) is 0.981. The van der Waals surface area contributed by atoms with Crippen molar-refractivity contribution in [2.45, 2.75) is 6.54 Å². The van der Waals surface area contributed by atoms with Gasteiger partial charge in [-0.3, -0.25) is 0 Å². The average Bonchev–Trinajstić information content (AvgIpc) is 2.23. The third kappa shape index (κ3) is 4.06. The van der Waals surface area contributed by atoms with E-state index in [-0.39, 0.29) is 49.2 Å². The molecule has 3 N–H and O–H groups in total. The highest BCUT2D eigenvalue weighted by Crippen LogP contribution is 2.43. The first-order valence-corrected chi connectivity index (χ1v) is 6.19. The first-order chi connectivity index (χ1) is 7.36. The van der Waals surface area contributed by atoms with Gasteiger partial charge in [-0.25, -0.2) is 0 Å². The van der Waals surface area contributed by atoms with Crippen molar-refractivity contribution in [2.75, 3.05) is 0 Å². The van der Waals surface area contributed by atoms with Gasteiger partial charge in [0.2, 0.25) is 0 Å².